The highest BCUT2D eigenvalue weighted by atomic mass is 32.2. The summed E-state index contributed by atoms with van der Waals surface area (Å²) in [6.07, 6.45) is -1.68. The van der Waals surface area contributed by atoms with Gasteiger partial charge in [-0.05, 0) is 44.0 Å². The number of hydrogen-bond donors (Lipinski definition) is 0. The van der Waals surface area contributed by atoms with Gasteiger partial charge in [-0.2, -0.15) is 8.42 Å². The maximum atomic E-state index is 12.9. The van der Waals surface area contributed by atoms with E-state index >= 15 is 0 Å². The first-order chi connectivity index (χ1) is 19.2. The van der Waals surface area contributed by atoms with Crippen LogP contribution in [0.4, 0.5) is 0 Å². The van der Waals surface area contributed by atoms with Crippen molar-refractivity contribution in [2.24, 2.45) is 0 Å². The summed E-state index contributed by atoms with van der Waals surface area (Å²) >= 11 is 0. The third-order valence-electron chi connectivity index (χ3n) is 7.06. The van der Waals surface area contributed by atoms with Gasteiger partial charge in [-0.25, -0.2) is 0 Å². The molecule has 2 saturated heterocycles. The highest BCUT2D eigenvalue weighted by Gasteiger charge is 2.62. The van der Waals surface area contributed by atoms with E-state index in [-0.39, 0.29) is 24.5 Å². The molecule has 2 heterocycles. The Morgan fingerprint density at radius 1 is 0.800 bits per heavy atom. The van der Waals surface area contributed by atoms with Crippen molar-refractivity contribution >= 4 is 10.1 Å². The standard InChI is InChI=1S/C31H36O8S/c1-23-14-16-26(17-15-23)40(32,33)36-19-18-31(22-34-20-24-10-6-4-7-11-24)28(35-21-25-12-8-5-9-13-25)27-29(39-31)38-30(2,3)37-27/h4-17,27-29H,18-22H2,1-3H3/t27-,28+,29+,31-/m1/s1. The summed E-state index contributed by atoms with van der Waals surface area (Å²) in [7, 11) is -3.97. The molecule has 3 aromatic rings. The number of benzene rings is 3. The first kappa shape index (κ1) is 28.9. The van der Waals surface area contributed by atoms with Crippen LogP contribution in [0.3, 0.4) is 0 Å². The molecule has 0 spiro atoms. The lowest BCUT2D eigenvalue weighted by molar-refractivity contribution is -0.257. The van der Waals surface area contributed by atoms with Crippen molar-refractivity contribution in [3.05, 3.63) is 102 Å². The Morgan fingerprint density at radius 3 is 2.08 bits per heavy atom. The zero-order chi connectivity index (χ0) is 28.2. The number of hydrogen-bond acceptors (Lipinski definition) is 8. The minimum absolute atomic E-state index is 0.0991. The van der Waals surface area contributed by atoms with E-state index in [0.717, 1.165) is 16.7 Å². The molecule has 2 fully saturated rings. The molecule has 0 radical (unpaired) electrons. The van der Waals surface area contributed by atoms with Crippen molar-refractivity contribution in [2.75, 3.05) is 13.2 Å². The Hall–Kier alpha value is -2.63. The van der Waals surface area contributed by atoms with Crippen molar-refractivity contribution in [3.8, 4) is 0 Å². The van der Waals surface area contributed by atoms with Crippen LogP contribution in [0.15, 0.2) is 89.8 Å². The average Bonchev–Trinajstić information content (AvgIpc) is 3.37. The number of ether oxygens (including phenoxy) is 5. The molecule has 3 aromatic carbocycles. The first-order valence-corrected chi connectivity index (χ1v) is 14.8. The summed E-state index contributed by atoms with van der Waals surface area (Å²) in [6, 6.07) is 26.2. The zero-order valence-electron chi connectivity index (χ0n) is 23.0. The number of fused-ring (bicyclic) bond motifs is 1. The van der Waals surface area contributed by atoms with Crippen molar-refractivity contribution in [2.45, 2.75) is 75.2 Å². The van der Waals surface area contributed by atoms with Crippen LogP contribution < -0.4 is 0 Å². The largest absolute Gasteiger partial charge is 0.374 e. The molecule has 0 N–H and O–H groups in total. The van der Waals surface area contributed by atoms with E-state index < -0.39 is 40.0 Å². The van der Waals surface area contributed by atoms with Crippen LogP contribution in [0, 0.1) is 6.92 Å². The molecule has 0 unspecified atom stereocenters. The van der Waals surface area contributed by atoms with Gasteiger partial charge in [-0.3, -0.25) is 4.18 Å². The molecule has 0 aliphatic carbocycles. The second-order valence-electron chi connectivity index (χ2n) is 10.7. The van der Waals surface area contributed by atoms with Gasteiger partial charge in [-0.1, -0.05) is 78.4 Å². The lowest BCUT2D eigenvalue weighted by atomic mass is 9.92. The zero-order valence-corrected chi connectivity index (χ0v) is 23.8. The molecule has 0 aromatic heterocycles. The molecule has 2 aliphatic heterocycles. The Morgan fingerprint density at radius 2 is 1.43 bits per heavy atom. The summed E-state index contributed by atoms with van der Waals surface area (Å²) in [6.45, 7) is 6.19. The van der Waals surface area contributed by atoms with Gasteiger partial charge in [0.15, 0.2) is 12.1 Å². The third-order valence-corrected chi connectivity index (χ3v) is 8.39. The van der Waals surface area contributed by atoms with E-state index in [1.807, 2.05) is 81.4 Å². The van der Waals surface area contributed by atoms with Gasteiger partial charge in [0.05, 0.1) is 31.3 Å². The summed E-state index contributed by atoms with van der Waals surface area (Å²) < 4.78 is 62.8. The summed E-state index contributed by atoms with van der Waals surface area (Å²) in [5.41, 5.74) is 1.87. The maximum absolute atomic E-state index is 12.9. The normalized spacial score (nSPS) is 25.6. The molecule has 8 nitrogen and oxygen atoms in total. The van der Waals surface area contributed by atoms with Crippen LogP contribution in [0.2, 0.25) is 0 Å². The predicted molar refractivity (Wildman–Crippen MR) is 148 cm³/mol. The fraction of sp³-hybridized carbons (Fsp3) is 0.419. The first-order valence-electron chi connectivity index (χ1n) is 13.4. The molecular weight excluding hydrogens is 532 g/mol. The van der Waals surface area contributed by atoms with Crippen LogP contribution in [0.5, 0.6) is 0 Å². The summed E-state index contributed by atoms with van der Waals surface area (Å²) in [4.78, 5) is 0.0991. The van der Waals surface area contributed by atoms with E-state index in [2.05, 4.69) is 0 Å². The molecule has 4 atom stereocenters. The van der Waals surface area contributed by atoms with E-state index in [1.54, 1.807) is 12.1 Å². The number of aryl methyl sites for hydroxylation is 1. The minimum Gasteiger partial charge on any atom is -0.374 e. The highest BCUT2D eigenvalue weighted by molar-refractivity contribution is 7.86. The monoisotopic (exact) mass is 568 g/mol. The number of rotatable bonds is 12. The van der Waals surface area contributed by atoms with Crippen LogP contribution in [0.25, 0.3) is 0 Å². The molecule has 214 valence electrons. The second-order valence-corrected chi connectivity index (χ2v) is 12.3. The van der Waals surface area contributed by atoms with E-state index in [4.69, 9.17) is 27.9 Å². The Balaban J connectivity index is 1.37. The van der Waals surface area contributed by atoms with E-state index in [9.17, 15) is 8.42 Å². The molecule has 0 saturated carbocycles. The topological polar surface area (TPSA) is 89.5 Å². The fourth-order valence-corrected chi connectivity index (χ4v) is 5.97. The van der Waals surface area contributed by atoms with Gasteiger partial charge in [0.25, 0.3) is 10.1 Å². The molecule has 0 bridgehead atoms. The Kier molecular flexibility index (Phi) is 8.72. The summed E-state index contributed by atoms with van der Waals surface area (Å²) in [5.74, 6) is -0.855. The lowest BCUT2D eigenvalue weighted by Crippen LogP contribution is -2.50. The van der Waals surface area contributed by atoms with Crippen LogP contribution in [-0.4, -0.2) is 51.5 Å². The average molecular weight is 569 g/mol. The van der Waals surface area contributed by atoms with Crippen LogP contribution >= 0.6 is 0 Å². The summed E-state index contributed by atoms with van der Waals surface area (Å²) in [5, 5.41) is 0. The molecule has 9 heteroatoms. The van der Waals surface area contributed by atoms with Gasteiger partial charge in [0, 0.05) is 6.42 Å². The maximum Gasteiger partial charge on any atom is 0.296 e. The predicted octanol–water partition coefficient (Wildman–Crippen LogP) is 5.14. The Bertz CT molecular complexity index is 1350. The fourth-order valence-electron chi connectivity index (χ4n) is 5.06. The van der Waals surface area contributed by atoms with Crippen molar-refractivity contribution in [1.29, 1.82) is 0 Å². The SMILES string of the molecule is Cc1ccc(S(=O)(=O)OCC[C@]2(COCc3ccccc3)O[C@@H]3OC(C)(C)O[C@@H]3[C@@H]2OCc2ccccc2)cc1. The smallest absolute Gasteiger partial charge is 0.296 e. The van der Waals surface area contributed by atoms with Gasteiger partial charge in [0.2, 0.25) is 0 Å². The molecule has 40 heavy (non-hydrogen) atoms. The van der Waals surface area contributed by atoms with Gasteiger partial charge in [-0.15, -0.1) is 0 Å². The highest BCUT2D eigenvalue weighted by Crippen LogP contribution is 2.46. The van der Waals surface area contributed by atoms with E-state index in [0.29, 0.717) is 13.2 Å². The van der Waals surface area contributed by atoms with Crippen molar-refractivity contribution in [1.82, 2.24) is 0 Å². The molecule has 2 aliphatic rings. The van der Waals surface area contributed by atoms with Gasteiger partial charge < -0.3 is 23.7 Å². The molecular formula is C31H36O8S. The second kappa shape index (κ2) is 12.1. The quantitative estimate of drug-likeness (QED) is 0.278. The third kappa shape index (κ3) is 6.80. The Labute approximate surface area is 236 Å². The van der Waals surface area contributed by atoms with Crippen molar-refractivity contribution < 1.29 is 36.3 Å². The van der Waals surface area contributed by atoms with Crippen LogP contribution in [0.1, 0.15) is 37.0 Å². The molecule has 5 rings (SSSR count). The molecule has 0 amide bonds. The van der Waals surface area contributed by atoms with Gasteiger partial charge >= 0.3 is 0 Å². The lowest BCUT2D eigenvalue weighted by Gasteiger charge is -2.36. The van der Waals surface area contributed by atoms with Gasteiger partial charge in [0.1, 0.15) is 17.8 Å². The van der Waals surface area contributed by atoms with E-state index in [1.165, 1.54) is 12.1 Å². The van der Waals surface area contributed by atoms with Crippen molar-refractivity contribution in [3.63, 3.8) is 0 Å². The minimum atomic E-state index is -3.97. The van der Waals surface area contributed by atoms with Crippen LogP contribution in [-0.2, 0) is 51.2 Å².